The fraction of sp³-hybridized carbons (Fsp3) is 0.429. The molecule has 0 bridgehead atoms. The Morgan fingerprint density at radius 2 is 1.82 bits per heavy atom. The molecule has 0 aliphatic carbocycles. The standard InChI is InChI=1S/C21H29N5O.HI/c1-2-22-21(25-16-20-5-3-4-10-23-20)24-15-18-6-8-19(9-7-18)17-26-11-13-27-14-12-26;/h3-10H,2,11-17H2,1H3,(H2,22,24,25);1H. The molecule has 7 heteroatoms. The fourth-order valence-corrected chi connectivity index (χ4v) is 2.96. The summed E-state index contributed by atoms with van der Waals surface area (Å²) in [6.07, 6.45) is 1.81. The molecule has 1 aliphatic heterocycles. The van der Waals surface area contributed by atoms with Gasteiger partial charge in [-0.15, -0.1) is 24.0 Å². The van der Waals surface area contributed by atoms with Crippen LogP contribution in [0.1, 0.15) is 23.7 Å². The third-order valence-electron chi connectivity index (χ3n) is 4.46. The molecule has 28 heavy (non-hydrogen) atoms. The number of nitrogens with one attached hydrogen (secondary N) is 2. The molecule has 2 aromatic rings. The molecule has 0 unspecified atom stereocenters. The molecule has 0 spiro atoms. The van der Waals surface area contributed by atoms with E-state index in [9.17, 15) is 0 Å². The van der Waals surface area contributed by atoms with Crippen LogP contribution in [0.15, 0.2) is 53.7 Å². The summed E-state index contributed by atoms with van der Waals surface area (Å²) in [5.41, 5.74) is 3.54. The molecule has 0 amide bonds. The number of nitrogens with zero attached hydrogens (tertiary/aromatic N) is 3. The number of rotatable bonds is 7. The van der Waals surface area contributed by atoms with Crippen molar-refractivity contribution in [1.29, 1.82) is 0 Å². The highest BCUT2D eigenvalue weighted by molar-refractivity contribution is 14.0. The van der Waals surface area contributed by atoms with Crippen LogP contribution < -0.4 is 10.6 Å². The summed E-state index contributed by atoms with van der Waals surface area (Å²) in [7, 11) is 0. The Morgan fingerprint density at radius 1 is 1.07 bits per heavy atom. The molecule has 0 atom stereocenters. The number of pyridine rings is 1. The Kier molecular flexibility index (Phi) is 10.2. The fourth-order valence-electron chi connectivity index (χ4n) is 2.96. The lowest BCUT2D eigenvalue weighted by Crippen LogP contribution is -2.37. The van der Waals surface area contributed by atoms with E-state index in [0.717, 1.165) is 51.0 Å². The van der Waals surface area contributed by atoms with E-state index in [0.29, 0.717) is 13.1 Å². The number of aromatic nitrogens is 1. The number of benzene rings is 1. The Morgan fingerprint density at radius 3 is 2.50 bits per heavy atom. The van der Waals surface area contributed by atoms with Gasteiger partial charge in [0.2, 0.25) is 0 Å². The van der Waals surface area contributed by atoms with Crippen LogP contribution in [0.25, 0.3) is 0 Å². The average molecular weight is 495 g/mol. The number of hydrogen-bond donors (Lipinski definition) is 2. The summed E-state index contributed by atoms with van der Waals surface area (Å²) in [6.45, 7) is 8.89. The van der Waals surface area contributed by atoms with Crippen molar-refractivity contribution in [3.63, 3.8) is 0 Å². The summed E-state index contributed by atoms with van der Waals surface area (Å²) in [5.74, 6) is 0.806. The number of morpholine rings is 1. The lowest BCUT2D eigenvalue weighted by molar-refractivity contribution is 0.0342. The number of ether oxygens (including phenoxy) is 1. The highest BCUT2D eigenvalue weighted by atomic mass is 127. The summed E-state index contributed by atoms with van der Waals surface area (Å²) < 4.78 is 5.41. The van der Waals surface area contributed by atoms with Gasteiger partial charge in [-0.1, -0.05) is 30.3 Å². The molecule has 3 rings (SSSR count). The van der Waals surface area contributed by atoms with E-state index < -0.39 is 0 Å². The van der Waals surface area contributed by atoms with Gasteiger partial charge in [0.15, 0.2) is 5.96 Å². The Bertz CT molecular complexity index is 702. The lowest BCUT2D eigenvalue weighted by atomic mass is 10.1. The third-order valence-corrected chi connectivity index (χ3v) is 4.46. The first kappa shape index (κ1) is 22.6. The second-order valence-electron chi connectivity index (χ2n) is 6.57. The minimum Gasteiger partial charge on any atom is -0.379 e. The van der Waals surface area contributed by atoms with Crippen LogP contribution in [0.5, 0.6) is 0 Å². The minimum absolute atomic E-state index is 0. The first-order chi connectivity index (χ1) is 13.3. The van der Waals surface area contributed by atoms with Crippen molar-refractivity contribution < 1.29 is 4.74 Å². The zero-order valence-corrected chi connectivity index (χ0v) is 18.8. The molecule has 152 valence electrons. The van der Waals surface area contributed by atoms with Gasteiger partial charge < -0.3 is 15.4 Å². The second kappa shape index (κ2) is 12.7. The van der Waals surface area contributed by atoms with Crippen LogP contribution in [0.4, 0.5) is 0 Å². The van der Waals surface area contributed by atoms with Crippen molar-refractivity contribution in [2.45, 2.75) is 26.6 Å². The second-order valence-corrected chi connectivity index (χ2v) is 6.57. The summed E-state index contributed by atoms with van der Waals surface area (Å²) in [4.78, 5) is 11.4. The molecule has 0 radical (unpaired) electrons. The van der Waals surface area contributed by atoms with Crippen LogP contribution in [-0.4, -0.2) is 48.7 Å². The number of hydrogen-bond acceptors (Lipinski definition) is 4. The van der Waals surface area contributed by atoms with E-state index >= 15 is 0 Å². The van der Waals surface area contributed by atoms with Crippen molar-refractivity contribution in [3.05, 3.63) is 65.5 Å². The Balaban J connectivity index is 0.00000280. The van der Waals surface area contributed by atoms with Crippen molar-refractivity contribution in [2.24, 2.45) is 4.99 Å². The maximum absolute atomic E-state index is 5.41. The predicted molar refractivity (Wildman–Crippen MR) is 124 cm³/mol. The van der Waals surface area contributed by atoms with Crippen LogP contribution in [0, 0.1) is 0 Å². The molecule has 2 N–H and O–H groups in total. The van der Waals surface area contributed by atoms with Gasteiger partial charge in [0.05, 0.1) is 32.0 Å². The minimum atomic E-state index is 0. The van der Waals surface area contributed by atoms with Crippen molar-refractivity contribution in [2.75, 3.05) is 32.8 Å². The Hall–Kier alpha value is -1.71. The van der Waals surface area contributed by atoms with E-state index in [-0.39, 0.29) is 24.0 Å². The van der Waals surface area contributed by atoms with E-state index in [1.165, 1.54) is 11.1 Å². The SMILES string of the molecule is CCNC(=NCc1ccc(CN2CCOCC2)cc1)NCc1ccccn1.I. The van der Waals surface area contributed by atoms with E-state index in [1.807, 2.05) is 18.2 Å². The van der Waals surface area contributed by atoms with Gasteiger partial charge >= 0.3 is 0 Å². The molecule has 2 heterocycles. The van der Waals surface area contributed by atoms with Crippen LogP contribution in [0.2, 0.25) is 0 Å². The molecule has 6 nitrogen and oxygen atoms in total. The Labute approximate surface area is 184 Å². The van der Waals surface area contributed by atoms with Crippen LogP contribution >= 0.6 is 24.0 Å². The van der Waals surface area contributed by atoms with Crippen LogP contribution in [-0.2, 0) is 24.4 Å². The molecule has 0 saturated carbocycles. The average Bonchev–Trinajstić information content (AvgIpc) is 2.73. The summed E-state index contributed by atoms with van der Waals surface area (Å²) in [6, 6.07) is 14.7. The van der Waals surface area contributed by atoms with Crippen molar-refractivity contribution in [1.82, 2.24) is 20.5 Å². The number of aliphatic imine (C=N–C) groups is 1. The number of halogens is 1. The van der Waals surface area contributed by atoms with Gasteiger partial charge in [0, 0.05) is 32.4 Å². The maximum atomic E-state index is 5.41. The smallest absolute Gasteiger partial charge is 0.191 e. The van der Waals surface area contributed by atoms with Gasteiger partial charge in [-0.3, -0.25) is 9.88 Å². The third kappa shape index (κ3) is 7.73. The molecule has 1 aromatic carbocycles. The normalized spacial score (nSPS) is 15.0. The quantitative estimate of drug-likeness (QED) is 0.352. The first-order valence-electron chi connectivity index (χ1n) is 9.63. The molecule has 1 aliphatic rings. The van der Waals surface area contributed by atoms with Crippen molar-refractivity contribution >= 4 is 29.9 Å². The van der Waals surface area contributed by atoms with Gasteiger partial charge in [-0.25, -0.2) is 4.99 Å². The highest BCUT2D eigenvalue weighted by Gasteiger charge is 2.10. The molecule has 1 aromatic heterocycles. The van der Waals surface area contributed by atoms with Crippen LogP contribution in [0.3, 0.4) is 0 Å². The van der Waals surface area contributed by atoms with E-state index in [2.05, 4.69) is 56.7 Å². The van der Waals surface area contributed by atoms with Gasteiger partial charge in [-0.05, 0) is 30.2 Å². The highest BCUT2D eigenvalue weighted by Crippen LogP contribution is 2.10. The predicted octanol–water partition coefficient (Wildman–Crippen LogP) is 2.79. The van der Waals surface area contributed by atoms with Crippen molar-refractivity contribution in [3.8, 4) is 0 Å². The van der Waals surface area contributed by atoms with E-state index in [1.54, 1.807) is 6.20 Å². The summed E-state index contributed by atoms with van der Waals surface area (Å²) >= 11 is 0. The van der Waals surface area contributed by atoms with Gasteiger partial charge in [-0.2, -0.15) is 0 Å². The monoisotopic (exact) mass is 495 g/mol. The van der Waals surface area contributed by atoms with E-state index in [4.69, 9.17) is 4.74 Å². The lowest BCUT2D eigenvalue weighted by Gasteiger charge is -2.26. The zero-order valence-electron chi connectivity index (χ0n) is 16.4. The summed E-state index contributed by atoms with van der Waals surface area (Å²) in [5, 5.41) is 6.61. The maximum Gasteiger partial charge on any atom is 0.191 e. The topological polar surface area (TPSA) is 61.8 Å². The molecule has 1 saturated heterocycles. The first-order valence-corrected chi connectivity index (χ1v) is 9.63. The molecule has 1 fully saturated rings. The number of guanidine groups is 1. The largest absolute Gasteiger partial charge is 0.379 e. The van der Waals surface area contributed by atoms with Gasteiger partial charge in [0.1, 0.15) is 0 Å². The zero-order chi connectivity index (χ0) is 18.7. The molecular weight excluding hydrogens is 465 g/mol. The molecular formula is C21H30IN5O. The van der Waals surface area contributed by atoms with Gasteiger partial charge in [0.25, 0.3) is 0 Å².